The molecular formula is C11H20N2OS. The monoisotopic (exact) mass is 228 g/mol. The van der Waals surface area contributed by atoms with E-state index in [0.29, 0.717) is 6.61 Å². The van der Waals surface area contributed by atoms with Crippen LogP contribution in [0.4, 0.5) is 0 Å². The van der Waals surface area contributed by atoms with Gasteiger partial charge >= 0.3 is 0 Å². The van der Waals surface area contributed by atoms with E-state index in [1.165, 1.54) is 4.88 Å². The van der Waals surface area contributed by atoms with Crippen molar-refractivity contribution < 1.29 is 4.74 Å². The minimum atomic E-state index is 0.151. The van der Waals surface area contributed by atoms with E-state index in [9.17, 15) is 0 Å². The molecule has 0 aromatic carbocycles. The Balaban J connectivity index is 2.61. The zero-order chi connectivity index (χ0) is 11.5. The van der Waals surface area contributed by atoms with Crippen LogP contribution in [0, 0.1) is 6.92 Å². The molecule has 0 fully saturated rings. The van der Waals surface area contributed by atoms with Gasteiger partial charge in [-0.1, -0.05) is 0 Å². The van der Waals surface area contributed by atoms with Crippen molar-refractivity contribution >= 4 is 11.3 Å². The minimum Gasteiger partial charge on any atom is -0.378 e. The lowest BCUT2D eigenvalue weighted by molar-refractivity contribution is 0.184. The summed E-state index contributed by atoms with van der Waals surface area (Å²) in [5, 5.41) is 4.52. The van der Waals surface area contributed by atoms with Gasteiger partial charge in [-0.05, 0) is 27.7 Å². The molecule has 0 bridgehead atoms. The van der Waals surface area contributed by atoms with Crippen LogP contribution in [0.3, 0.4) is 0 Å². The van der Waals surface area contributed by atoms with E-state index in [1.54, 1.807) is 18.4 Å². The number of nitrogens with zero attached hydrogens (tertiary/aromatic N) is 1. The summed E-state index contributed by atoms with van der Waals surface area (Å²) < 4.78 is 5.07. The highest BCUT2D eigenvalue weighted by Crippen LogP contribution is 2.19. The zero-order valence-corrected chi connectivity index (χ0v) is 11.0. The molecule has 1 aromatic heterocycles. The van der Waals surface area contributed by atoms with Gasteiger partial charge in [0.25, 0.3) is 0 Å². The average molecular weight is 228 g/mol. The molecule has 15 heavy (non-hydrogen) atoms. The van der Waals surface area contributed by atoms with Gasteiger partial charge < -0.3 is 10.1 Å². The van der Waals surface area contributed by atoms with Gasteiger partial charge in [-0.15, -0.1) is 11.3 Å². The first-order valence-electron chi connectivity index (χ1n) is 5.11. The van der Waals surface area contributed by atoms with Crippen molar-refractivity contribution in [2.24, 2.45) is 0 Å². The Bertz CT molecular complexity index is 315. The largest absolute Gasteiger partial charge is 0.378 e. The molecule has 0 unspecified atom stereocenters. The molecule has 4 heteroatoms. The molecule has 86 valence electrons. The van der Waals surface area contributed by atoms with Gasteiger partial charge in [0, 0.05) is 24.1 Å². The molecule has 0 aliphatic rings. The van der Waals surface area contributed by atoms with Crippen LogP contribution in [0.1, 0.15) is 36.3 Å². The predicted octanol–water partition coefficient (Wildman–Crippen LogP) is 2.49. The molecule has 0 saturated carbocycles. The summed E-state index contributed by atoms with van der Waals surface area (Å²) in [4.78, 5) is 5.76. The summed E-state index contributed by atoms with van der Waals surface area (Å²) >= 11 is 1.73. The van der Waals surface area contributed by atoms with E-state index >= 15 is 0 Å². The first-order valence-corrected chi connectivity index (χ1v) is 5.93. The maximum absolute atomic E-state index is 5.07. The molecule has 0 radical (unpaired) electrons. The fourth-order valence-corrected chi connectivity index (χ4v) is 2.16. The second kappa shape index (κ2) is 5.05. The van der Waals surface area contributed by atoms with Gasteiger partial charge in [-0.3, -0.25) is 0 Å². The number of rotatable bonds is 4. The van der Waals surface area contributed by atoms with E-state index in [-0.39, 0.29) is 5.54 Å². The molecule has 1 heterocycles. The Morgan fingerprint density at radius 3 is 2.60 bits per heavy atom. The van der Waals surface area contributed by atoms with E-state index in [0.717, 1.165) is 17.2 Å². The second-order valence-electron chi connectivity index (χ2n) is 4.65. The number of aromatic nitrogens is 1. The van der Waals surface area contributed by atoms with E-state index in [4.69, 9.17) is 4.74 Å². The molecule has 1 N–H and O–H groups in total. The Hall–Kier alpha value is -0.450. The van der Waals surface area contributed by atoms with Crippen LogP contribution in [-0.2, 0) is 17.9 Å². The highest BCUT2D eigenvalue weighted by Gasteiger charge is 2.12. The normalized spacial score (nSPS) is 12.1. The lowest BCUT2D eigenvalue weighted by Gasteiger charge is -2.19. The van der Waals surface area contributed by atoms with Gasteiger partial charge in [-0.2, -0.15) is 0 Å². The van der Waals surface area contributed by atoms with Crippen LogP contribution in [0.5, 0.6) is 0 Å². The topological polar surface area (TPSA) is 34.1 Å². The summed E-state index contributed by atoms with van der Waals surface area (Å²) in [5.41, 5.74) is 1.27. The summed E-state index contributed by atoms with van der Waals surface area (Å²) in [6.07, 6.45) is 0. The van der Waals surface area contributed by atoms with Crippen LogP contribution in [0.15, 0.2) is 0 Å². The first-order chi connectivity index (χ1) is 6.92. The smallest absolute Gasteiger partial charge is 0.119 e. The minimum absolute atomic E-state index is 0.151. The van der Waals surface area contributed by atoms with Crippen molar-refractivity contribution in [3.63, 3.8) is 0 Å². The average Bonchev–Trinajstić information content (AvgIpc) is 2.42. The van der Waals surface area contributed by atoms with Gasteiger partial charge in [-0.25, -0.2) is 4.98 Å². The SMILES string of the molecule is COCc1nc(C)c(CNC(C)(C)C)s1. The van der Waals surface area contributed by atoms with Crippen molar-refractivity contribution in [1.29, 1.82) is 0 Å². The van der Waals surface area contributed by atoms with Crippen LogP contribution in [-0.4, -0.2) is 17.6 Å². The van der Waals surface area contributed by atoms with Crippen LogP contribution >= 0.6 is 11.3 Å². The summed E-state index contributed by atoms with van der Waals surface area (Å²) in [7, 11) is 1.70. The number of hydrogen-bond donors (Lipinski definition) is 1. The fourth-order valence-electron chi connectivity index (χ4n) is 1.18. The van der Waals surface area contributed by atoms with Crippen molar-refractivity contribution in [1.82, 2.24) is 10.3 Å². The number of nitrogens with one attached hydrogen (secondary N) is 1. The molecule has 0 spiro atoms. The molecule has 3 nitrogen and oxygen atoms in total. The number of thiazole rings is 1. The van der Waals surface area contributed by atoms with E-state index < -0.39 is 0 Å². The van der Waals surface area contributed by atoms with Crippen molar-refractivity contribution in [2.75, 3.05) is 7.11 Å². The molecule has 1 rings (SSSR count). The van der Waals surface area contributed by atoms with E-state index in [2.05, 4.69) is 38.0 Å². The lowest BCUT2D eigenvalue weighted by Crippen LogP contribution is -2.34. The number of methoxy groups -OCH3 is 1. The molecule has 0 aliphatic heterocycles. The Morgan fingerprint density at radius 2 is 2.07 bits per heavy atom. The highest BCUT2D eigenvalue weighted by molar-refractivity contribution is 7.11. The van der Waals surface area contributed by atoms with Gasteiger partial charge in [0.1, 0.15) is 5.01 Å². The third-order valence-corrected chi connectivity index (χ3v) is 3.11. The second-order valence-corrected chi connectivity index (χ2v) is 5.82. The van der Waals surface area contributed by atoms with E-state index in [1.807, 2.05) is 0 Å². The molecule has 0 saturated heterocycles. The summed E-state index contributed by atoms with van der Waals surface area (Å²) in [6.45, 7) is 10.0. The quantitative estimate of drug-likeness (QED) is 0.859. The molecule has 1 aromatic rings. The lowest BCUT2D eigenvalue weighted by atomic mass is 10.1. The highest BCUT2D eigenvalue weighted by atomic mass is 32.1. The molecule has 0 amide bonds. The number of aryl methyl sites for hydroxylation is 1. The number of ether oxygens (including phenoxy) is 1. The Morgan fingerprint density at radius 1 is 1.40 bits per heavy atom. The van der Waals surface area contributed by atoms with Crippen LogP contribution < -0.4 is 5.32 Å². The third kappa shape index (κ3) is 4.28. The van der Waals surface area contributed by atoms with Crippen molar-refractivity contribution in [3.8, 4) is 0 Å². The van der Waals surface area contributed by atoms with Crippen LogP contribution in [0.25, 0.3) is 0 Å². The van der Waals surface area contributed by atoms with Crippen molar-refractivity contribution in [3.05, 3.63) is 15.6 Å². The Labute approximate surface area is 95.9 Å². The Kier molecular flexibility index (Phi) is 4.25. The number of hydrogen-bond acceptors (Lipinski definition) is 4. The molecule has 0 atom stereocenters. The van der Waals surface area contributed by atoms with Crippen LogP contribution in [0.2, 0.25) is 0 Å². The van der Waals surface area contributed by atoms with Gasteiger partial charge in [0.05, 0.1) is 12.3 Å². The third-order valence-electron chi connectivity index (χ3n) is 1.98. The maximum atomic E-state index is 5.07. The zero-order valence-electron chi connectivity index (χ0n) is 10.2. The summed E-state index contributed by atoms with van der Waals surface area (Å²) in [6, 6.07) is 0. The van der Waals surface area contributed by atoms with Gasteiger partial charge in [0.15, 0.2) is 0 Å². The molecular weight excluding hydrogens is 208 g/mol. The summed E-state index contributed by atoms with van der Waals surface area (Å²) in [5.74, 6) is 0. The van der Waals surface area contributed by atoms with Crippen molar-refractivity contribution in [2.45, 2.75) is 46.4 Å². The fraction of sp³-hybridized carbons (Fsp3) is 0.727. The standard InChI is InChI=1S/C11H20N2OS/c1-8-9(6-12-11(2,3)4)15-10(13-8)7-14-5/h12H,6-7H2,1-5H3. The maximum Gasteiger partial charge on any atom is 0.119 e. The predicted molar refractivity (Wildman–Crippen MR) is 64.2 cm³/mol. The first kappa shape index (κ1) is 12.6. The van der Waals surface area contributed by atoms with Gasteiger partial charge in [0.2, 0.25) is 0 Å². The molecule has 0 aliphatic carbocycles.